The zero-order valence-electron chi connectivity index (χ0n) is 17.7. The maximum Gasteiger partial charge on any atom is 0.390 e. The van der Waals surface area contributed by atoms with Gasteiger partial charge < -0.3 is 30.0 Å². The molecule has 0 aliphatic heterocycles. The summed E-state index contributed by atoms with van der Waals surface area (Å²) in [5, 5.41) is 34.1. The molecule has 2 heterocycles. The number of hydrogen-bond acceptors (Lipinski definition) is 11. The minimum Gasteiger partial charge on any atom is -0.477 e. The molecule has 0 atom stereocenters. The lowest BCUT2D eigenvalue weighted by atomic mass is 10.3. The number of benzene rings is 1. The summed E-state index contributed by atoms with van der Waals surface area (Å²) in [5.74, 6) is -1.84. The van der Waals surface area contributed by atoms with Crippen molar-refractivity contribution in [3.8, 4) is 5.75 Å². The number of nitro groups is 2. The topological polar surface area (TPSA) is 210 Å². The van der Waals surface area contributed by atoms with Crippen molar-refractivity contribution in [3.05, 3.63) is 68.0 Å². The van der Waals surface area contributed by atoms with Crippen molar-refractivity contribution in [3.63, 3.8) is 0 Å². The van der Waals surface area contributed by atoms with Gasteiger partial charge in [0.05, 0.1) is 21.8 Å². The molecule has 0 spiro atoms. The van der Waals surface area contributed by atoms with Crippen LogP contribution in [0.4, 0.5) is 11.5 Å². The lowest BCUT2D eigenvalue weighted by Gasteiger charge is -2.08. The van der Waals surface area contributed by atoms with E-state index in [0.717, 1.165) is 0 Å². The number of hydrogen-bond donors (Lipinski definition) is 2. The molecule has 3 rings (SSSR count). The van der Waals surface area contributed by atoms with Crippen molar-refractivity contribution in [2.24, 2.45) is 0 Å². The van der Waals surface area contributed by atoms with Crippen LogP contribution in [0.25, 0.3) is 0 Å². The van der Waals surface area contributed by atoms with E-state index in [4.69, 9.17) is 9.26 Å². The van der Waals surface area contributed by atoms with E-state index in [2.05, 4.69) is 25.9 Å². The Balaban J connectivity index is 1.41. The van der Waals surface area contributed by atoms with Gasteiger partial charge in [-0.15, -0.1) is 0 Å². The monoisotopic (exact) mass is 474 g/mol. The van der Waals surface area contributed by atoms with Crippen LogP contribution in [0.3, 0.4) is 0 Å². The Labute approximate surface area is 190 Å². The second-order valence-electron chi connectivity index (χ2n) is 6.69. The first kappa shape index (κ1) is 23.8. The second kappa shape index (κ2) is 10.6. The van der Waals surface area contributed by atoms with E-state index in [1.807, 2.05) is 0 Å². The van der Waals surface area contributed by atoms with E-state index in [9.17, 15) is 29.8 Å². The highest BCUT2D eigenvalue weighted by molar-refractivity contribution is 5.89. The Morgan fingerprint density at radius 3 is 2.59 bits per heavy atom. The lowest BCUT2D eigenvalue weighted by molar-refractivity contribution is -0.389. The average Bonchev–Trinajstić information content (AvgIpc) is 3.42. The molecule has 0 aliphatic carbocycles. The predicted octanol–water partition coefficient (Wildman–Crippen LogP) is 0.364. The molecule has 2 aromatic heterocycles. The van der Waals surface area contributed by atoms with Gasteiger partial charge in [-0.2, -0.15) is 9.67 Å². The fraction of sp³-hybridized carbons (Fsp3) is 0.278. The number of carbonyl (C=O) groups is 2. The summed E-state index contributed by atoms with van der Waals surface area (Å²) in [6, 6.07) is 6.93. The van der Waals surface area contributed by atoms with Gasteiger partial charge >= 0.3 is 23.3 Å². The van der Waals surface area contributed by atoms with E-state index >= 15 is 0 Å². The fourth-order valence-electron chi connectivity index (χ4n) is 2.66. The van der Waals surface area contributed by atoms with E-state index in [-0.39, 0.29) is 48.6 Å². The highest BCUT2D eigenvalue weighted by atomic mass is 16.6. The third-order valence-electron chi connectivity index (χ3n) is 4.26. The summed E-state index contributed by atoms with van der Waals surface area (Å²) in [6.07, 6.45) is 0. The Bertz CT molecular complexity index is 1220. The summed E-state index contributed by atoms with van der Waals surface area (Å²) in [5.41, 5.74) is 0.242. The first-order valence-corrected chi connectivity index (χ1v) is 9.67. The zero-order chi connectivity index (χ0) is 24.7. The summed E-state index contributed by atoms with van der Waals surface area (Å²) in [4.78, 5) is 48.3. The number of nitrogens with one attached hydrogen (secondary N) is 2. The molecule has 1 aromatic carbocycles. The number of para-hydroxylation sites is 2. The standard InChI is InChI=1S/C18H18N8O8/c1-11-8-15(26(31)32)22-24(11)9-14-21-18(34-23-14)17(28)20-7-6-19-16(27)10-33-13-5-3-2-4-12(13)25(29)30/h2-5,8H,6-7,9-10H2,1H3,(H,19,27)(H,20,28). The number of nitrogens with zero attached hydrogens (tertiary/aromatic N) is 6. The SMILES string of the molecule is Cc1cc([N+](=O)[O-])nn1Cc1noc(C(=O)NCCNC(=O)COc2ccccc2[N+](=O)[O-])n1. The van der Waals surface area contributed by atoms with Crippen LogP contribution in [0.5, 0.6) is 5.75 Å². The summed E-state index contributed by atoms with van der Waals surface area (Å²) in [6.45, 7) is 1.21. The molecule has 0 aliphatic rings. The molecule has 3 aromatic rings. The minimum absolute atomic E-state index is 0.0260. The van der Waals surface area contributed by atoms with Gasteiger partial charge in [0.25, 0.3) is 5.91 Å². The van der Waals surface area contributed by atoms with Gasteiger partial charge in [-0.05, 0) is 17.9 Å². The first-order chi connectivity index (χ1) is 16.2. The number of nitro benzene ring substituents is 1. The molecule has 16 heteroatoms. The maximum atomic E-state index is 12.1. The van der Waals surface area contributed by atoms with Crippen molar-refractivity contribution < 1.29 is 28.7 Å². The molecular weight excluding hydrogens is 456 g/mol. The van der Waals surface area contributed by atoms with Gasteiger partial charge in [0, 0.05) is 19.2 Å². The number of amides is 2. The molecular formula is C18H18N8O8. The Morgan fingerprint density at radius 1 is 1.15 bits per heavy atom. The van der Waals surface area contributed by atoms with Gasteiger partial charge in [0.2, 0.25) is 0 Å². The molecule has 0 saturated heterocycles. The summed E-state index contributed by atoms with van der Waals surface area (Å²) >= 11 is 0. The molecule has 0 fully saturated rings. The van der Waals surface area contributed by atoms with E-state index in [0.29, 0.717) is 5.69 Å². The second-order valence-corrected chi connectivity index (χ2v) is 6.69. The van der Waals surface area contributed by atoms with Crippen LogP contribution in [0.15, 0.2) is 34.9 Å². The van der Waals surface area contributed by atoms with Gasteiger partial charge in [0.1, 0.15) is 6.54 Å². The third kappa shape index (κ3) is 6.09. The molecule has 0 unspecified atom stereocenters. The highest BCUT2D eigenvalue weighted by Gasteiger charge is 2.20. The molecule has 16 nitrogen and oxygen atoms in total. The molecule has 0 radical (unpaired) electrons. The van der Waals surface area contributed by atoms with Crippen LogP contribution in [0.1, 0.15) is 22.2 Å². The van der Waals surface area contributed by atoms with E-state index in [1.54, 1.807) is 13.0 Å². The Morgan fingerprint density at radius 2 is 1.88 bits per heavy atom. The Kier molecular flexibility index (Phi) is 7.42. The summed E-state index contributed by atoms with van der Waals surface area (Å²) in [7, 11) is 0. The first-order valence-electron chi connectivity index (χ1n) is 9.67. The molecule has 34 heavy (non-hydrogen) atoms. The van der Waals surface area contributed by atoms with Gasteiger partial charge in [-0.25, -0.2) is 0 Å². The Hall–Kier alpha value is -4.89. The maximum absolute atomic E-state index is 12.1. The van der Waals surface area contributed by atoms with Crippen LogP contribution in [-0.2, 0) is 11.3 Å². The van der Waals surface area contributed by atoms with Gasteiger partial charge in [0.15, 0.2) is 18.2 Å². The van der Waals surface area contributed by atoms with Gasteiger partial charge in [-0.1, -0.05) is 17.3 Å². The van der Waals surface area contributed by atoms with Crippen LogP contribution in [-0.4, -0.2) is 61.3 Å². The molecule has 178 valence electrons. The molecule has 2 N–H and O–H groups in total. The third-order valence-corrected chi connectivity index (χ3v) is 4.26. The van der Waals surface area contributed by atoms with Crippen molar-refractivity contribution >= 4 is 23.3 Å². The molecule has 2 amide bonds. The zero-order valence-corrected chi connectivity index (χ0v) is 17.7. The van der Waals surface area contributed by atoms with Crippen LogP contribution in [0, 0.1) is 27.2 Å². The lowest BCUT2D eigenvalue weighted by Crippen LogP contribution is -2.36. The summed E-state index contributed by atoms with van der Waals surface area (Å²) < 4.78 is 11.3. The minimum atomic E-state index is -0.688. The predicted molar refractivity (Wildman–Crippen MR) is 111 cm³/mol. The van der Waals surface area contributed by atoms with Crippen molar-refractivity contribution in [1.82, 2.24) is 30.6 Å². The van der Waals surface area contributed by atoms with Crippen molar-refractivity contribution in [2.75, 3.05) is 19.7 Å². The number of ether oxygens (including phenoxy) is 1. The van der Waals surface area contributed by atoms with Crippen LogP contribution >= 0.6 is 0 Å². The number of carbonyl (C=O) groups excluding carboxylic acids is 2. The smallest absolute Gasteiger partial charge is 0.390 e. The fourth-order valence-corrected chi connectivity index (χ4v) is 2.66. The molecule has 0 saturated carbocycles. The molecule has 0 bridgehead atoms. The quantitative estimate of drug-likeness (QED) is 0.220. The van der Waals surface area contributed by atoms with Crippen molar-refractivity contribution in [2.45, 2.75) is 13.5 Å². The highest BCUT2D eigenvalue weighted by Crippen LogP contribution is 2.25. The largest absolute Gasteiger partial charge is 0.477 e. The number of aromatic nitrogens is 4. The number of aryl methyl sites for hydroxylation is 1. The van der Waals surface area contributed by atoms with Crippen LogP contribution in [0.2, 0.25) is 0 Å². The van der Waals surface area contributed by atoms with Crippen molar-refractivity contribution in [1.29, 1.82) is 0 Å². The van der Waals surface area contributed by atoms with E-state index in [1.165, 1.54) is 28.9 Å². The normalized spacial score (nSPS) is 10.5. The van der Waals surface area contributed by atoms with Gasteiger partial charge in [-0.3, -0.25) is 19.7 Å². The van der Waals surface area contributed by atoms with Crippen LogP contribution < -0.4 is 15.4 Å². The average molecular weight is 474 g/mol. The van der Waals surface area contributed by atoms with E-state index < -0.39 is 28.3 Å². The number of rotatable bonds is 11.